The van der Waals surface area contributed by atoms with Crippen LogP contribution in [0.1, 0.15) is 0 Å². The number of benzene rings is 2. The van der Waals surface area contributed by atoms with Gasteiger partial charge in [-0.3, -0.25) is 0 Å². The number of hydrogen-bond donors (Lipinski definition) is 3. The number of rotatable bonds is 4. The Morgan fingerprint density at radius 2 is 1.52 bits per heavy atom. The first kappa shape index (κ1) is 16.4. The van der Waals surface area contributed by atoms with Gasteiger partial charge in [-0.1, -0.05) is 18.2 Å². The lowest BCUT2D eigenvalue weighted by Crippen LogP contribution is -2.19. The molecule has 3 N–H and O–H groups in total. The van der Waals surface area contributed by atoms with E-state index < -0.39 is 17.7 Å². The Hall–Kier alpha value is -3.48. The minimum atomic E-state index is -0.944. The van der Waals surface area contributed by atoms with E-state index in [1.54, 1.807) is 24.3 Å². The highest BCUT2D eigenvalue weighted by Gasteiger charge is 2.05. The molecule has 3 aromatic rings. The first-order valence-electron chi connectivity index (χ1n) is 7.41. The van der Waals surface area contributed by atoms with Gasteiger partial charge in [-0.25, -0.2) is 18.6 Å². The molecule has 0 saturated heterocycles. The number of halogens is 2. The minimum Gasteiger partial charge on any atom is -0.340 e. The van der Waals surface area contributed by atoms with Gasteiger partial charge in [0.25, 0.3) is 0 Å². The van der Waals surface area contributed by atoms with E-state index >= 15 is 0 Å². The molecule has 7 heteroatoms. The van der Waals surface area contributed by atoms with Crippen LogP contribution < -0.4 is 16.0 Å². The summed E-state index contributed by atoms with van der Waals surface area (Å²) in [5.41, 5.74) is 1.53. The predicted octanol–water partition coefficient (Wildman–Crippen LogP) is 4.75. The third-order valence-corrected chi connectivity index (χ3v) is 3.25. The number of anilines is 4. The van der Waals surface area contributed by atoms with Crippen LogP contribution in [0.25, 0.3) is 0 Å². The summed E-state index contributed by atoms with van der Waals surface area (Å²) >= 11 is 0. The number of aromatic nitrogens is 1. The number of carbonyl (C=O) groups excluding carboxylic acids is 1. The van der Waals surface area contributed by atoms with Crippen molar-refractivity contribution in [1.29, 1.82) is 0 Å². The molecule has 126 valence electrons. The molecular formula is C18H14F2N4O. The average molecular weight is 340 g/mol. The van der Waals surface area contributed by atoms with E-state index in [9.17, 15) is 13.6 Å². The fraction of sp³-hybridized carbons (Fsp3) is 0. The number of nitrogens with one attached hydrogen (secondary N) is 3. The molecule has 0 bridgehead atoms. The zero-order valence-electron chi connectivity index (χ0n) is 13.0. The molecule has 0 aliphatic rings. The molecule has 0 fully saturated rings. The summed E-state index contributed by atoms with van der Waals surface area (Å²) in [6.07, 6.45) is 1.45. The lowest BCUT2D eigenvalue weighted by Gasteiger charge is -2.09. The van der Waals surface area contributed by atoms with Gasteiger partial charge < -0.3 is 16.0 Å². The van der Waals surface area contributed by atoms with Gasteiger partial charge in [0.2, 0.25) is 0 Å². The first-order valence-corrected chi connectivity index (χ1v) is 7.41. The van der Waals surface area contributed by atoms with Crippen LogP contribution in [0.15, 0.2) is 66.9 Å². The highest BCUT2D eigenvalue weighted by molar-refractivity contribution is 5.99. The topological polar surface area (TPSA) is 66.1 Å². The second-order valence-electron chi connectivity index (χ2n) is 5.13. The SMILES string of the molecule is O=C(Nc1ccccc1)Nc1ccc(Nc2ccc(F)c(F)c2)nc1. The third kappa shape index (κ3) is 4.51. The summed E-state index contributed by atoms with van der Waals surface area (Å²) in [5.74, 6) is -1.43. The van der Waals surface area contributed by atoms with Crippen LogP contribution >= 0.6 is 0 Å². The van der Waals surface area contributed by atoms with Crippen molar-refractivity contribution in [3.63, 3.8) is 0 Å². The number of nitrogens with zero attached hydrogens (tertiary/aromatic N) is 1. The Bertz CT molecular complexity index is 870. The van der Waals surface area contributed by atoms with E-state index in [2.05, 4.69) is 20.9 Å². The minimum absolute atomic E-state index is 0.369. The molecule has 3 rings (SSSR count). The quantitative estimate of drug-likeness (QED) is 0.642. The standard InChI is InChI=1S/C18H14F2N4O/c19-15-8-6-13(10-16(15)20)22-17-9-7-14(11-21-17)24-18(25)23-12-4-2-1-3-5-12/h1-11H,(H,21,22)(H2,23,24,25). The van der Waals surface area contributed by atoms with Crippen molar-refractivity contribution in [2.24, 2.45) is 0 Å². The van der Waals surface area contributed by atoms with Crippen LogP contribution in [0.4, 0.5) is 36.5 Å². The van der Waals surface area contributed by atoms with Gasteiger partial charge in [-0.15, -0.1) is 0 Å². The van der Waals surface area contributed by atoms with Crippen LogP contribution in [0.5, 0.6) is 0 Å². The Kier molecular flexibility index (Phi) is 4.84. The van der Waals surface area contributed by atoms with Crippen molar-refractivity contribution in [1.82, 2.24) is 4.98 Å². The van der Waals surface area contributed by atoms with Crippen molar-refractivity contribution >= 4 is 28.9 Å². The highest BCUT2D eigenvalue weighted by Crippen LogP contribution is 2.18. The average Bonchev–Trinajstić information content (AvgIpc) is 2.61. The normalized spacial score (nSPS) is 10.2. The van der Waals surface area contributed by atoms with E-state index in [0.717, 1.165) is 12.1 Å². The van der Waals surface area contributed by atoms with E-state index in [0.29, 0.717) is 22.9 Å². The number of hydrogen-bond acceptors (Lipinski definition) is 3. The fourth-order valence-corrected chi connectivity index (χ4v) is 2.08. The highest BCUT2D eigenvalue weighted by atomic mass is 19.2. The molecule has 5 nitrogen and oxygen atoms in total. The Morgan fingerprint density at radius 3 is 2.20 bits per heavy atom. The van der Waals surface area contributed by atoms with Crippen molar-refractivity contribution < 1.29 is 13.6 Å². The van der Waals surface area contributed by atoms with Crippen LogP contribution in [0.2, 0.25) is 0 Å². The van der Waals surface area contributed by atoms with E-state index in [4.69, 9.17) is 0 Å². The van der Waals surface area contributed by atoms with Gasteiger partial charge in [0, 0.05) is 17.4 Å². The van der Waals surface area contributed by atoms with Crippen LogP contribution in [-0.4, -0.2) is 11.0 Å². The van der Waals surface area contributed by atoms with Crippen LogP contribution in [-0.2, 0) is 0 Å². The maximum absolute atomic E-state index is 13.2. The Labute approximate surface area is 142 Å². The summed E-state index contributed by atoms with van der Waals surface area (Å²) in [6, 6.07) is 15.3. The molecular weight excluding hydrogens is 326 g/mol. The van der Waals surface area contributed by atoms with Gasteiger partial charge in [0.15, 0.2) is 11.6 Å². The Morgan fingerprint density at radius 1 is 0.800 bits per heavy atom. The third-order valence-electron chi connectivity index (χ3n) is 3.25. The first-order chi connectivity index (χ1) is 12.1. The molecule has 0 spiro atoms. The van der Waals surface area contributed by atoms with Crippen LogP contribution in [0.3, 0.4) is 0 Å². The zero-order chi connectivity index (χ0) is 17.6. The smallest absolute Gasteiger partial charge is 0.323 e. The van der Waals surface area contributed by atoms with Gasteiger partial charge >= 0.3 is 6.03 Å². The van der Waals surface area contributed by atoms with E-state index in [-0.39, 0.29) is 0 Å². The summed E-state index contributed by atoms with van der Waals surface area (Å²) in [5, 5.41) is 8.18. The summed E-state index contributed by atoms with van der Waals surface area (Å²) in [7, 11) is 0. The number of urea groups is 1. The molecule has 0 aliphatic heterocycles. The van der Waals surface area contributed by atoms with Gasteiger partial charge in [-0.2, -0.15) is 0 Å². The molecule has 0 unspecified atom stereocenters. The molecule has 0 radical (unpaired) electrons. The molecule has 2 aromatic carbocycles. The monoisotopic (exact) mass is 340 g/mol. The molecule has 25 heavy (non-hydrogen) atoms. The number of pyridine rings is 1. The summed E-state index contributed by atoms with van der Waals surface area (Å²) in [6.45, 7) is 0. The molecule has 0 aliphatic carbocycles. The molecule has 0 atom stereocenters. The maximum atomic E-state index is 13.2. The van der Waals surface area contributed by atoms with Gasteiger partial charge in [-0.05, 0) is 36.4 Å². The lowest BCUT2D eigenvalue weighted by atomic mass is 10.3. The van der Waals surface area contributed by atoms with Crippen molar-refractivity contribution in [2.45, 2.75) is 0 Å². The van der Waals surface area contributed by atoms with Crippen molar-refractivity contribution in [3.05, 3.63) is 78.5 Å². The largest absolute Gasteiger partial charge is 0.340 e. The predicted molar refractivity (Wildman–Crippen MR) is 93.0 cm³/mol. The fourth-order valence-electron chi connectivity index (χ4n) is 2.08. The number of amides is 2. The zero-order valence-corrected chi connectivity index (χ0v) is 13.0. The number of carbonyl (C=O) groups is 1. The molecule has 1 aromatic heterocycles. The van der Waals surface area contributed by atoms with E-state index in [1.807, 2.05) is 18.2 Å². The Balaban J connectivity index is 1.60. The summed E-state index contributed by atoms with van der Waals surface area (Å²) < 4.78 is 26.1. The lowest BCUT2D eigenvalue weighted by molar-refractivity contribution is 0.262. The van der Waals surface area contributed by atoms with Crippen molar-refractivity contribution in [2.75, 3.05) is 16.0 Å². The molecule has 0 saturated carbocycles. The van der Waals surface area contributed by atoms with Gasteiger partial charge in [0.05, 0.1) is 11.9 Å². The van der Waals surface area contributed by atoms with Crippen molar-refractivity contribution in [3.8, 4) is 0 Å². The maximum Gasteiger partial charge on any atom is 0.323 e. The number of para-hydroxylation sites is 1. The summed E-state index contributed by atoms with van der Waals surface area (Å²) in [4.78, 5) is 16.0. The second kappa shape index (κ2) is 7.39. The van der Waals surface area contributed by atoms with Crippen LogP contribution in [0, 0.1) is 11.6 Å². The van der Waals surface area contributed by atoms with E-state index in [1.165, 1.54) is 12.3 Å². The molecule has 1 heterocycles. The second-order valence-corrected chi connectivity index (χ2v) is 5.13. The van der Waals surface area contributed by atoms with Gasteiger partial charge in [0.1, 0.15) is 5.82 Å². The molecule has 2 amide bonds.